The third-order valence-corrected chi connectivity index (χ3v) is 7.69. The molecule has 3 aliphatic heterocycles. The van der Waals surface area contributed by atoms with Gasteiger partial charge in [-0.25, -0.2) is 0 Å². The number of ketones is 1. The van der Waals surface area contributed by atoms with Crippen molar-refractivity contribution in [1.82, 2.24) is 4.90 Å². The number of Topliss-reactive ketones (excluding diaryl/α,β-unsaturated/α-hetero) is 1. The number of nitrogens with zero attached hydrogens (tertiary/aromatic N) is 2. The van der Waals surface area contributed by atoms with Crippen LogP contribution >= 0.6 is 0 Å². The van der Waals surface area contributed by atoms with Crippen molar-refractivity contribution in [1.29, 1.82) is 0 Å². The second kappa shape index (κ2) is 7.46. The number of imide groups is 1. The summed E-state index contributed by atoms with van der Waals surface area (Å²) in [5.74, 6) is -0.620. The molecule has 6 nitrogen and oxygen atoms in total. The highest BCUT2D eigenvalue weighted by molar-refractivity contribution is 6.12. The summed E-state index contributed by atoms with van der Waals surface area (Å²) in [5.41, 5.74) is 1.20. The number of ether oxygens (including phenoxy) is 1. The minimum absolute atomic E-state index is 0.0127. The van der Waals surface area contributed by atoms with Gasteiger partial charge in [-0.2, -0.15) is 0 Å². The van der Waals surface area contributed by atoms with Crippen LogP contribution in [0.1, 0.15) is 58.4 Å². The maximum absolute atomic E-state index is 13.8. The standard InChI is InChI=1S/C26H32N2O4/c1-26(2,3)23(29)22-21-20(24(30)27(25(21)31)16-8-6-5-7-9-16)19-12-10-15-14-17(32-4)11-13-18(15)28(19)22/h10-14,16,19-22H,5-9H2,1-4H3/t19?,20-,21-,22+/m0/s1. The molecule has 0 spiro atoms. The Labute approximate surface area is 189 Å². The summed E-state index contributed by atoms with van der Waals surface area (Å²) in [4.78, 5) is 44.8. The Balaban J connectivity index is 1.60. The molecule has 2 saturated heterocycles. The summed E-state index contributed by atoms with van der Waals surface area (Å²) in [6, 6.07) is 4.81. The van der Waals surface area contributed by atoms with Gasteiger partial charge >= 0.3 is 0 Å². The number of amides is 2. The smallest absolute Gasteiger partial charge is 0.236 e. The number of fused-ring (bicyclic) bond motifs is 5. The molecule has 170 valence electrons. The zero-order chi connectivity index (χ0) is 22.8. The highest BCUT2D eigenvalue weighted by Gasteiger charge is 2.65. The lowest BCUT2D eigenvalue weighted by Gasteiger charge is -2.39. The normalized spacial score (nSPS) is 29.8. The highest BCUT2D eigenvalue weighted by atomic mass is 16.5. The lowest BCUT2D eigenvalue weighted by molar-refractivity contribution is -0.145. The van der Waals surface area contributed by atoms with Gasteiger partial charge in [0.1, 0.15) is 11.8 Å². The van der Waals surface area contributed by atoms with Crippen LogP contribution < -0.4 is 9.64 Å². The van der Waals surface area contributed by atoms with Gasteiger partial charge in [0, 0.05) is 22.7 Å². The largest absolute Gasteiger partial charge is 0.497 e. The Morgan fingerprint density at radius 1 is 1.03 bits per heavy atom. The van der Waals surface area contributed by atoms with E-state index in [1.54, 1.807) is 12.0 Å². The van der Waals surface area contributed by atoms with Gasteiger partial charge in [0.05, 0.1) is 25.0 Å². The average molecular weight is 437 g/mol. The molecule has 0 radical (unpaired) electrons. The number of benzene rings is 1. The quantitative estimate of drug-likeness (QED) is 0.674. The lowest BCUT2D eigenvalue weighted by atomic mass is 9.79. The number of rotatable bonds is 3. The molecule has 1 aliphatic carbocycles. The van der Waals surface area contributed by atoms with Crippen LogP contribution in [0.3, 0.4) is 0 Å². The molecule has 1 aromatic rings. The van der Waals surface area contributed by atoms with Gasteiger partial charge in [0.25, 0.3) is 0 Å². The Bertz CT molecular complexity index is 1000. The van der Waals surface area contributed by atoms with Crippen LogP contribution in [0.15, 0.2) is 24.3 Å². The molecule has 0 N–H and O–H groups in total. The summed E-state index contributed by atoms with van der Waals surface area (Å²) < 4.78 is 5.38. The van der Waals surface area contributed by atoms with Crippen molar-refractivity contribution in [3.8, 4) is 5.75 Å². The molecule has 4 atom stereocenters. The number of carbonyl (C=O) groups excluding carboxylic acids is 3. The van der Waals surface area contributed by atoms with Gasteiger partial charge in [-0.3, -0.25) is 19.3 Å². The number of hydrogen-bond donors (Lipinski definition) is 0. The number of hydrogen-bond acceptors (Lipinski definition) is 5. The van der Waals surface area contributed by atoms with E-state index in [1.165, 1.54) is 0 Å². The van der Waals surface area contributed by atoms with Gasteiger partial charge < -0.3 is 9.64 Å². The van der Waals surface area contributed by atoms with E-state index in [0.29, 0.717) is 0 Å². The number of methoxy groups -OCH3 is 1. The molecule has 1 aromatic carbocycles. The molecular formula is C26H32N2O4. The first-order valence-corrected chi connectivity index (χ1v) is 11.8. The maximum atomic E-state index is 13.8. The van der Waals surface area contributed by atoms with Crippen LogP contribution in [0.25, 0.3) is 6.08 Å². The molecule has 1 unspecified atom stereocenters. The first-order valence-electron chi connectivity index (χ1n) is 11.8. The number of likely N-dealkylation sites (tertiary alicyclic amines) is 1. The van der Waals surface area contributed by atoms with Crippen molar-refractivity contribution in [2.75, 3.05) is 12.0 Å². The van der Waals surface area contributed by atoms with Crippen LogP contribution in [0.4, 0.5) is 5.69 Å². The average Bonchev–Trinajstić information content (AvgIpc) is 3.25. The Morgan fingerprint density at radius 3 is 2.38 bits per heavy atom. The molecule has 3 heterocycles. The fraction of sp³-hybridized carbons (Fsp3) is 0.577. The monoisotopic (exact) mass is 436 g/mol. The molecular weight excluding hydrogens is 404 g/mol. The maximum Gasteiger partial charge on any atom is 0.236 e. The fourth-order valence-electron chi connectivity index (χ4n) is 6.14. The predicted molar refractivity (Wildman–Crippen MR) is 122 cm³/mol. The van der Waals surface area contributed by atoms with Crippen molar-refractivity contribution in [2.45, 2.75) is 71.0 Å². The minimum Gasteiger partial charge on any atom is -0.497 e. The Morgan fingerprint density at radius 2 is 1.72 bits per heavy atom. The minimum atomic E-state index is -0.646. The summed E-state index contributed by atoms with van der Waals surface area (Å²) in [6.45, 7) is 5.69. The molecule has 0 aromatic heterocycles. The van der Waals surface area contributed by atoms with Crippen molar-refractivity contribution in [2.24, 2.45) is 17.3 Å². The van der Waals surface area contributed by atoms with Gasteiger partial charge in [-0.15, -0.1) is 0 Å². The van der Waals surface area contributed by atoms with Gasteiger partial charge in [0.2, 0.25) is 11.8 Å². The molecule has 32 heavy (non-hydrogen) atoms. The van der Waals surface area contributed by atoms with Crippen molar-refractivity contribution >= 4 is 29.4 Å². The van der Waals surface area contributed by atoms with E-state index in [1.807, 2.05) is 56.0 Å². The van der Waals surface area contributed by atoms with E-state index in [4.69, 9.17) is 4.74 Å². The first-order chi connectivity index (χ1) is 15.2. The topological polar surface area (TPSA) is 66.9 Å². The van der Waals surface area contributed by atoms with Gasteiger partial charge in [-0.05, 0) is 31.0 Å². The van der Waals surface area contributed by atoms with Gasteiger partial charge in [0.15, 0.2) is 5.78 Å². The summed E-state index contributed by atoms with van der Waals surface area (Å²) in [5, 5.41) is 0. The van der Waals surface area contributed by atoms with Crippen LogP contribution in [0, 0.1) is 17.3 Å². The molecule has 3 fully saturated rings. The Kier molecular flexibility index (Phi) is 4.95. The predicted octanol–water partition coefficient (Wildman–Crippen LogP) is 3.83. The van der Waals surface area contributed by atoms with Crippen LogP contribution in [0.2, 0.25) is 0 Å². The zero-order valence-electron chi connectivity index (χ0n) is 19.3. The number of carbonyl (C=O) groups is 3. The Hall–Kier alpha value is -2.63. The highest BCUT2D eigenvalue weighted by Crippen LogP contribution is 2.51. The van der Waals surface area contributed by atoms with Crippen molar-refractivity contribution in [3.05, 3.63) is 29.8 Å². The SMILES string of the molecule is COc1ccc2c(c1)C=CC1[C@@H]3C(=O)N(C4CCCCC4)C(=O)[C@@H]3[C@H](C(=O)C(C)(C)C)N21. The van der Waals surface area contributed by atoms with E-state index < -0.39 is 23.3 Å². The molecule has 0 bridgehead atoms. The van der Waals surface area contributed by atoms with E-state index in [-0.39, 0.29) is 29.7 Å². The van der Waals surface area contributed by atoms with Crippen molar-refractivity contribution < 1.29 is 19.1 Å². The van der Waals surface area contributed by atoms with Crippen LogP contribution in [-0.4, -0.2) is 47.7 Å². The lowest BCUT2D eigenvalue weighted by Crippen LogP contribution is -2.53. The summed E-state index contributed by atoms with van der Waals surface area (Å²) in [7, 11) is 1.63. The van der Waals surface area contributed by atoms with Crippen molar-refractivity contribution in [3.63, 3.8) is 0 Å². The van der Waals surface area contributed by atoms with Gasteiger partial charge in [-0.1, -0.05) is 52.2 Å². The fourth-order valence-corrected chi connectivity index (χ4v) is 6.14. The summed E-state index contributed by atoms with van der Waals surface area (Å²) in [6.07, 6.45) is 9.01. The third-order valence-electron chi connectivity index (χ3n) is 7.69. The van der Waals surface area contributed by atoms with E-state index in [9.17, 15) is 14.4 Å². The van der Waals surface area contributed by atoms with Crippen LogP contribution in [0.5, 0.6) is 5.75 Å². The molecule has 4 aliphatic rings. The van der Waals surface area contributed by atoms with E-state index >= 15 is 0 Å². The van der Waals surface area contributed by atoms with E-state index in [2.05, 4.69) is 0 Å². The molecule has 5 rings (SSSR count). The molecule has 1 saturated carbocycles. The first kappa shape index (κ1) is 21.2. The molecule has 2 amide bonds. The third kappa shape index (κ3) is 3.02. The van der Waals surface area contributed by atoms with Crippen LogP contribution in [-0.2, 0) is 14.4 Å². The zero-order valence-corrected chi connectivity index (χ0v) is 19.3. The second-order valence-electron chi connectivity index (χ2n) is 10.6. The second-order valence-corrected chi connectivity index (χ2v) is 10.6. The summed E-state index contributed by atoms with van der Waals surface area (Å²) >= 11 is 0. The van der Waals surface area contributed by atoms with E-state index in [0.717, 1.165) is 49.1 Å². The molecule has 6 heteroatoms. The number of anilines is 1.